The van der Waals surface area contributed by atoms with Gasteiger partial charge in [0.2, 0.25) is 0 Å². The zero-order chi connectivity index (χ0) is 15.1. The van der Waals surface area contributed by atoms with Crippen LogP contribution in [-0.4, -0.2) is 31.5 Å². The molecule has 0 atom stereocenters. The number of hydrogen-bond donors (Lipinski definition) is 1. The van der Waals surface area contributed by atoms with Gasteiger partial charge in [0.25, 0.3) is 0 Å². The van der Waals surface area contributed by atoms with Gasteiger partial charge in [0.15, 0.2) is 17.3 Å². The van der Waals surface area contributed by atoms with Crippen molar-refractivity contribution < 1.29 is 14.3 Å². The molecule has 5 nitrogen and oxygen atoms in total. The summed E-state index contributed by atoms with van der Waals surface area (Å²) in [4.78, 5) is 16.2. The molecule has 0 aliphatic carbocycles. The Balaban J connectivity index is 1.94. The lowest BCUT2D eigenvalue weighted by Crippen LogP contribution is -2.22. The monoisotopic (exact) mass is 286 g/mol. The molecule has 0 unspecified atom stereocenters. The molecule has 2 aromatic rings. The van der Waals surface area contributed by atoms with Crippen LogP contribution in [-0.2, 0) is 6.54 Å². The molecular weight excluding hydrogens is 268 g/mol. The fourth-order valence-electron chi connectivity index (χ4n) is 1.93. The van der Waals surface area contributed by atoms with Crippen molar-refractivity contribution in [3.63, 3.8) is 0 Å². The van der Waals surface area contributed by atoms with Crippen molar-refractivity contribution in [1.82, 2.24) is 10.3 Å². The van der Waals surface area contributed by atoms with Crippen LogP contribution in [0.1, 0.15) is 15.9 Å². The van der Waals surface area contributed by atoms with Gasteiger partial charge in [0.05, 0.1) is 20.8 Å². The Hall–Kier alpha value is -2.40. The lowest BCUT2D eigenvalue weighted by atomic mass is 10.1. The number of rotatable bonds is 7. The highest BCUT2D eigenvalue weighted by Crippen LogP contribution is 2.27. The smallest absolute Gasteiger partial charge is 0.176 e. The van der Waals surface area contributed by atoms with Gasteiger partial charge in [-0.3, -0.25) is 9.78 Å². The van der Waals surface area contributed by atoms with E-state index in [1.807, 2.05) is 12.1 Å². The predicted octanol–water partition coefficient (Wildman–Crippen LogP) is 2.07. The van der Waals surface area contributed by atoms with Crippen LogP contribution < -0.4 is 14.8 Å². The Morgan fingerprint density at radius 3 is 2.67 bits per heavy atom. The highest BCUT2D eigenvalue weighted by Gasteiger charge is 2.10. The second-order valence-corrected chi connectivity index (χ2v) is 4.46. The van der Waals surface area contributed by atoms with E-state index in [2.05, 4.69) is 10.3 Å². The Kier molecular flexibility index (Phi) is 5.29. The average molecular weight is 286 g/mol. The van der Waals surface area contributed by atoms with E-state index in [1.54, 1.807) is 44.8 Å². The first-order valence-electron chi connectivity index (χ1n) is 6.59. The molecule has 110 valence electrons. The molecule has 1 heterocycles. The molecule has 0 spiro atoms. The quantitative estimate of drug-likeness (QED) is 0.790. The van der Waals surface area contributed by atoms with E-state index < -0.39 is 0 Å². The maximum atomic E-state index is 12.1. The van der Waals surface area contributed by atoms with Crippen LogP contribution in [0.2, 0.25) is 0 Å². The maximum absolute atomic E-state index is 12.1. The normalized spacial score (nSPS) is 10.2. The van der Waals surface area contributed by atoms with Crippen molar-refractivity contribution in [1.29, 1.82) is 0 Å². The minimum absolute atomic E-state index is 0.000145. The number of aromatic nitrogens is 1. The van der Waals surface area contributed by atoms with Crippen molar-refractivity contribution in [2.75, 3.05) is 20.8 Å². The topological polar surface area (TPSA) is 60.5 Å². The summed E-state index contributed by atoms with van der Waals surface area (Å²) >= 11 is 0. The summed E-state index contributed by atoms with van der Waals surface area (Å²) in [5.41, 5.74) is 1.63. The van der Waals surface area contributed by atoms with Crippen molar-refractivity contribution in [3.05, 3.63) is 53.9 Å². The Morgan fingerprint density at radius 1 is 1.19 bits per heavy atom. The summed E-state index contributed by atoms with van der Waals surface area (Å²) in [6, 6.07) is 8.98. The minimum Gasteiger partial charge on any atom is -0.493 e. The van der Waals surface area contributed by atoms with Crippen LogP contribution in [0.4, 0.5) is 0 Å². The molecule has 1 N–H and O–H groups in total. The van der Waals surface area contributed by atoms with Gasteiger partial charge in [-0.25, -0.2) is 0 Å². The van der Waals surface area contributed by atoms with E-state index >= 15 is 0 Å². The SMILES string of the molecule is COc1ccc(C(=O)CNCc2cccnc2)cc1OC. The molecule has 0 bridgehead atoms. The number of methoxy groups -OCH3 is 2. The van der Waals surface area contributed by atoms with Gasteiger partial charge in [0.1, 0.15) is 0 Å². The molecule has 21 heavy (non-hydrogen) atoms. The van der Waals surface area contributed by atoms with E-state index in [1.165, 1.54) is 0 Å². The third-order valence-corrected chi connectivity index (χ3v) is 3.04. The molecule has 0 aliphatic rings. The Morgan fingerprint density at radius 2 is 2.00 bits per heavy atom. The number of benzene rings is 1. The number of nitrogens with one attached hydrogen (secondary N) is 1. The molecule has 1 aromatic heterocycles. The van der Waals surface area contributed by atoms with Crippen LogP contribution in [0.5, 0.6) is 11.5 Å². The van der Waals surface area contributed by atoms with Crippen molar-refractivity contribution >= 4 is 5.78 Å². The molecule has 1 aromatic carbocycles. The van der Waals surface area contributed by atoms with Crippen LogP contribution in [0.15, 0.2) is 42.7 Å². The third-order valence-electron chi connectivity index (χ3n) is 3.04. The van der Waals surface area contributed by atoms with Gasteiger partial charge in [-0.1, -0.05) is 6.07 Å². The summed E-state index contributed by atoms with van der Waals surface area (Å²) in [5.74, 6) is 1.16. The lowest BCUT2D eigenvalue weighted by molar-refractivity contribution is 0.0990. The van der Waals surface area contributed by atoms with Gasteiger partial charge < -0.3 is 14.8 Å². The predicted molar refractivity (Wildman–Crippen MR) is 79.8 cm³/mol. The van der Waals surface area contributed by atoms with Crippen molar-refractivity contribution in [2.24, 2.45) is 0 Å². The minimum atomic E-state index is -0.000145. The first kappa shape index (κ1) is 15.0. The summed E-state index contributed by atoms with van der Waals surface area (Å²) in [5, 5.41) is 3.10. The van der Waals surface area contributed by atoms with E-state index in [4.69, 9.17) is 9.47 Å². The second kappa shape index (κ2) is 7.40. The summed E-state index contributed by atoms with van der Waals surface area (Å²) in [7, 11) is 3.11. The Bertz CT molecular complexity index is 600. The number of ketones is 1. The largest absolute Gasteiger partial charge is 0.493 e. The molecule has 2 rings (SSSR count). The molecule has 0 fully saturated rings. The lowest BCUT2D eigenvalue weighted by Gasteiger charge is -2.09. The fourth-order valence-corrected chi connectivity index (χ4v) is 1.93. The molecular formula is C16H18N2O3. The van der Waals surface area contributed by atoms with Gasteiger partial charge in [-0.2, -0.15) is 0 Å². The first-order chi connectivity index (χ1) is 10.2. The number of carbonyl (C=O) groups is 1. The number of ether oxygens (including phenoxy) is 2. The molecule has 0 saturated carbocycles. The number of pyridine rings is 1. The van der Waals surface area contributed by atoms with Crippen molar-refractivity contribution in [2.45, 2.75) is 6.54 Å². The van der Waals surface area contributed by atoms with E-state index in [0.29, 0.717) is 23.6 Å². The standard InChI is InChI=1S/C16H18N2O3/c1-20-15-6-5-13(8-16(15)21-2)14(19)11-18-10-12-4-3-7-17-9-12/h3-9,18H,10-11H2,1-2H3. The molecule has 0 amide bonds. The van der Waals surface area contributed by atoms with E-state index in [-0.39, 0.29) is 12.3 Å². The number of Topliss-reactive ketones (excluding diaryl/α,β-unsaturated/α-hetero) is 1. The van der Waals surface area contributed by atoms with Crippen LogP contribution in [0.3, 0.4) is 0 Å². The first-order valence-corrected chi connectivity index (χ1v) is 6.59. The highest BCUT2D eigenvalue weighted by atomic mass is 16.5. The summed E-state index contributed by atoms with van der Waals surface area (Å²) in [6.45, 7) is 0.858. The number of nitrogens with zero attached hydrogens (tertiary/aromatic N) is 1. The number of carbonyl (C=O) groups excluding carboxylic acids is 1. The molecule has 0 aliphatic heterocycles. The molecule has 0 radical (unpaired) electrons. The van der Waals surface area contributed by atoms with Gasteiger partial charge in [0, 0.05) is 24.5 Å². The van der Waals surface area contributed by atoms with Gasteiger partial charge in [-0.15, -0.1) is 0 Å². The third kappa shape index (κ3) is 4.03. The fraction of sp³-hybridized carbons (Fsp3) is 0.250. The van der Waals surface area contributed by atoms with Crippen LogP contribution in [0.25, 0.3) is 0 Å². The number of hydrogen-bond acceptors (Lipinski definition) is 5. The highest BCUT2D eigenvalue weighted by molar-refractivity contribution is 5.98. The zero-order valence-corrected chi connectivity index (χ0v) is 12.1. The van der Waals surface area contributed by atoms with Crippen LogP contribution >= 0.6 is 0 Å². The van der Waals surface area contributed by atoms with E-state index in [0.717, 1.165) is 5.56 Å². The van der Waals surface area contributed by atoms with Gasteiger partial charge >= 0.3 is 0 Å². The van der Waals surface area contributed by atoms with E-state index in [9.17, 15) is 4.79 Å². The molecule has 0 saturated heterocycles. The van der Waals surface area contributed by atoms with Gasteiger partial charge in [-0.05, 0) is 29.8 Å². The molecule has 5 heteroatoms. The Labute approximate surface area is 123 Å². The van der Waals surface area contributed by atoms with Crippen LogP contribution in [0, 0.1) is 0 Å². The van der Waals surface area contributed by atoms with Crippen molar-refractivity contribution in [3.8, 4) is 11.5 Å². The second-order valence-electron chi connectivity index (χ2n) is 4.46. The summed E-state index contributed by atoms with van der Waals surface area (Å²) in [6.07, 6.45) is 3.49. The zero-order valence-electron chi connectivity index (χ0n) is 12.1. The maximum Gasteiger partial charge on any atom is 0.176 e. The summed E-state index contributed by atoms with van der Waals surface area (Å²) < 4.78 is 10.3. The average Bonchev–Trinajstić information content (AvgIpc) is 2.55.